The lowest BCUT2D eigenvalue weighted by molar-refractivity contribution is -0.115. The van der Waals surface area contributed by atoms with Crippen molar-refractivity contribution in [2.45, 2.75) is 19.9 Å². The summed E-state index contributed by atoms with van der Waals surface area (Å²) >= 11 is 0. The first kappa shape index (κ1) is 16.7. The van der Waals surface area contributed by atoms with E-state index < -0.39 is 0 Å². The smallest absolute Gasteiger partial charge is 0.251 e. The number of rotatable bonds is 6. The maximum absolute atomic E-state index is 12.2. The van der Waals surface area contributed by atoms with Gasteiger partial charge in [0, 0.05) is 12.1 Å². The van der Waals surface area contributed by atoms with Gasteiger partial charge in [0.1, 0.15) is 0 Å². The molecule has 0 fully saturated rings. The van der Waals surface area contributed by atoms with Crippen LogP contribution in [-0.4, -0.2) is 27.9 Å². The van der Waals surface area contributed by atoms with E-state index in [1.807, 2.05) is 34.9 Å². The highest BCUT2D eigenvalue weighted by Gasteiger charge is 2.13. The Morgan fingerprint density at radius 3 is 2.52 bits per heavy atom. The Balaban J connectivity index is 1.67. The van der Waals surface area contributed by atoms with E-state index in [9.17, 15) is 9.59 Å². The fraction of sp³-hybridized carbons (Fsp3) is 0.211. The largest absolute Gasteiger partial charge is 0.343 e. The van der Waals surface area contributed by atoms with Crippen LogP contribution < -0.4 is 10.6 Å². The van der Waals surface area contributed by atoms with Crippen LogP contribution in [0.15, 0.2) is 54.6 Å². The van der Waals surface area contributed by atoms with E-state index in [0.29, 0.717) is 11.5 Å². The van der Waals surface area contributed by atoms with E-state index in [-0.39, 0.29) is 18.4 Å². The van der Waals surface area contributed by atoms with Crippen LogP contribution in [0.5, 0.6) is 0 Å². The van der Waals surface area contributed by atoms with Gasteiger partial charge in [-0.1, -0.05) is 37.3 Å². The number of hydrogen-bond donors (Lipinski definition) is 2. The Kier molecular flexibility index (Phi) is 5.09. The van der Waals surface area contributed by atoms with Crippen LogP contribution in [0.1, 0.15) is 23.7 Å². The van der Waals surface area contributed by atoms with Crippen molar-refractivity contribution in [3.8, 4) is 0 Å². The minimum atomic E-state index is -0.308. The third-order valence-electron chi connectivity index (χ3n) is 3.80. The van der Waals surface area contributed by atoms with Crippen molar-refractivity contribution >= 4 is 28.8 Å². The average Bonchev–Trinajstić information content (AvgIpc) is 2.98. The maximum Gasteiger partial charge on any atom is 0.251 e. The van der Waals surface area contributed by atoms with Gasteiger partial charge in [-0.3, -0.25) is 14.9 Å². The van der Waals surface area contributed by atoms with Crippen LogP contribution in [-0.2, 0) is 11.3 Å². The molecule has 0 saturated carbocycles. The van der Waals surface area contributed by atoms with Gasteiger partial charge in [-0.15, -0.1) is 0 Å². The van der Waals surface area contributed by atoms with E-state index in [2.05, 4.69) is 22.5 Å². The highest BCUT2D eigenvalue weighted by molar-refractivity contribution is 5.99. The summed E-state index contributed by atoms with van der Waals surface area (Å²) in [6, 6.07) is 16.5. The molecule has 3 aromatic rings. The Labute approximate surface area is 145 Å². The molecular weight excluding hydrogens is 316 g/mol. The number of carbonyl (C=O) groups is 2. The summed E-state index contributed by atoms with van der Waals surface area (Å²) < 4.78 is 1.98. The number of hydrogen-bond acceptors (Lipinski definition) is 3. The molecule has 0 aliphatic heterocycles. The highest BCUT2D eigenvalue weighted by atomic mass is 16.2. The third kappa shape index (κ3) is 3.85. The number of carbonyl (C=O) groups excluding carboxylic acids is 2. The monoisotopic (exact) mass is 336 g/mol. The maximum atomic E-state index is 12.2. The Bertz CT molecular complexity index is 887. The van der Waals surface area contributed by atoms with Crippen molar-refractivity contribution in [2.24, 2.45) is 0 Å². The number of imidazole rings is 1. The molecule has 1 aromatic heterocycles. The molecule has 25 heavy (non-hydrogen) atoms. The number of amides is 2. The molecule has 0 bridgehead atoms. The number of nitrogens with one attached hydrogen (secondary N) is 2. The molecule has 0 aliphatic rings. The Morgan fingerprint density at radius 1 is 1.04 bits per heavy atom. The van der Waals surface area contributed by atoms with Crippen molar-refractivity contribution in [3.05, 3.63) is 60.2 Å². The standard InChI is InChI=1S/C19H20N4O2/c1-2-12-23-16-11-7-6-10-15(16)21-19(23)22-17(24)13-20-18(25)14-8-4-3-5-9-14/h3-11H,2,12-13H2,1H3,(H,20,25)(H,21,22,24). The van der Waals surface area contributed by atoms with Gasteiger partial charge >= 0.3 is 0 Å². The molecule has 0 atom stereocenters. The van der Waals surface area contributed by atoms with Gasteiger partial charge in [-0.05, 0) is 30.7 Å². The molecule has 1 heterocycles. The van der Waals surface area contributed by atoms with Gasteiger partial charge in [-0.25, -0.2) is 4.98 Å². The summed E-state index contributed by atoms with van der Waals surface area (Å²) in [7, 11) is 0. The molecular formula is C19H20N4O2. The number of para-hydroxylation sites is 2. The van der Waals surface area contributed by atoms with Gasteiger partial charge < -0.3 is 9.88 Å². The summed E-state index contributed by atoms with van der Waals surface area (Å²) in [6.07, 6.45) is 0.925. The average molecular weight is 336 g/mol. The van der Waals surface area contributed by atoms with Gasteiger partial charge in [0.05, 0.1) is 17.6 Å². The number of aromatic nitrogens is 2. The van der Waals surface area contributed by atoms with Gasteiger partial charge in [0.2, 0.25) is 11.9 Å². The molecule has 6 heteroatoms. The zero-order valence-electron chi connectivity index (χ0n) is 14.0. The van der Waals surface area contributed by atoms with Crippen molar-refractivity contribution in [3.63, 3.8) is 0 Å². The second kappa shape index (κ2) is 7.61. The normalized spacial score (nSPS) is 10.6. The van der Waals surface area contributed by atoms with E-state index in [1.54, 1.807) is 24.3 Å². The van der Waals surface area contributed by atoms with Crippen molar-refractivity contribution in [2.75, 3.05) is 11.9 Å². The molecule has 2 amide bonds. The van der Waals surface area contributed by atoms with Crippen LogP contribution in [0.4, 0.5) is 5.95 Å². The van der Waals surface area contributed by atoms with E-state index in [1.165, 1.54) is 0 Å². The summed E-state index contributed by atoms with van der Waals surface area (Å²) in [4.78, 5) is 28.7. The van der Waals surface area contributed by atoms with E-state index >= 15 is 0 Å². The molecule has 0 spiro atoms. The van der Waals surface area contributed by atoms with Crippen LogP contribution in [0.3, 0.4) is 0 Å². The zero-order chi connectivity index (χ0) is 17.6. The topological polar surface area (TPSA) is 76.0 Å². The molecule has 2 aromatic carbocycles. The Hall–Kier alpha value is -3.15. The predicted molar refractivity (Wildman–Crippen MR) is 97.4 cm³/mol. The van der Waals surface area contributed by atoms with Crippen molar-refractivity contribution in [1.29, 1.82) is 0 Å². The zero-order valence-corrected chi connectivity index (χ0v) is 14.0. The Morgan fingerprint density at radius 2 is 1.76 bits per heavy atom. The lowest BCUT2D eigenvalue weighted by Crippen LogP contribution is -2.33. The molecule has 3 rings (SSSR count). The van der Waals surface area contributed by atoms with E-state index in [4.69, 9.17) is 0 Å². The summed E-state index contributed by atoms with van der Waals surface area (Å²) in [5.41, 5.74) is 2.33. The summed E-state index contributed by atoms with van der Waals surface area (Å²) in [6.45, 7) is 2.72. The van der Waals surface area contributed by atoms with Crippen LogP contribution in [0.25, 0.3) is 11.0 Å². The molecule has 0 radical (unpaired) electrons. The summed E-state index contributed by atoms with van der Waals surface area (Å²) in [5.74, 6) is -0.0863. The molecule has 128 valence electrons. The molecule has 0 unspecified atom stereocenters. The molecule has 6 nitrogen and oxygen atoms in total. The number of fused-ring (bicyclic) bond motifs is 1. The molecule has 0 saturated heterocycles. The first-order chi connectivity index (χ1) is 12.2. The molecule has 0 aliphatic carbocycles. The minimum Gasteiger partial charge on any atom is -0.343 e. The first-order valence-electron chi connectivity index (χ1n) is 8.27. The van der Waals surface area contributed by atoms with Crippen LogP contribution in [0.2, 0.25) is 0 Å². The van der Waals surface area contributed by atoms with Crippen molar-refractivity contribution < 1.29 is 9.59 Å². The number of aryl methyl sites for hydroxylation is 1. The van der Waals surface area contributed by atoms with Gasteiger partial charge in [0.15, 0.2) is 0 Å². The lowest BCUT2D eigenvalue weighted by Gasteiger charge is -2.09. The third-order valence-corrected chi connectivity index (χ3v) is 3.80. The minimum absolute atomic E-state index is 0.108. The second-order valence-electron chi connectivity index (χ2n) is 5.67. The fourth-order valence-electron chi connectivity index (χ4n) is 2.64. The molecule has 2 N–H and O–H groups in total. The quantitative estimate of drug-likeness (QED) is 0.727. The van der Waals surface area contributed by atoms with Crippen LogP contribution in [0, 0.1) is 0 Å². The predicted octanol–water partition coefficient (Wildman–Crippen LogP) is 2.81. The van der Waals surface area contributed by atoms with Crippen molar-refractivity contribution in [1.82, 2.24) is 14.9 Å². The van der Waals surface area contributed by atoms with Gasteiger partial charge in [-0.2, -0.15) is 0 Å². The van der Waals surface area contributed by atoms with Gasteiger partial charge in [0.25, 0.3) is 5.91 Å². The number of benzene rings is 2. The SMILES string of the molecule is CCCn1c(NC(=O)CNC(=O)c2ccccc2)nc2ccccc21. The summed E-state index contributed by atoms with van der Waals surface area (Å²) in [5, 5.41) is 5.41. The number of nitrogens with zero attached hydrogens (tertiary/aromatic N) is 2. The van der Waals surface area contributed by atoms with Crippen LogP contribution >= 0.6 is 0 Å². The fourth-order valence-corrected chi connectivity index (χ4v) is 2.64. The first-order valence-corrected chi connectivity index (χ1v) is 8.27. The lowest BCUT2D eigenvalue weighted by atomic mass is 10.2. The number of anilines is 1. The second-order valence-corrected chi connectivity index (χ2v) is 5.67. The highest BCUT2D eigenvalue weighted by Crippen LogP contribution is 2.19. The van der Waals surface area contributed by atoms with E-state index in [0.717, 1.165) is 24.0 Å².